The number of carbonyl (C=O) groups excluding carboxylic acids is 1. The van der Waals surface area contributed by atoms with E-state index in [-0.39, 0.29) is 30.8 Å². The van der Waals surface area contributed by atoms with E-state index < -0.39 is 5.54 Å². The Balaban J connectivity index is 0.00000484. The number of carbonyl (C=O) groups is 1. The Hall–Kier alpha value is -1.26. The quantitative estimate of drug-likeness (QED) is 0.798. The van der Waals surface area contributed by atoms with Crippen molar-refractivity contribution in [2.24, 2.45) is 11.7 Å². The Morgan fingerprint density at radius 2 is 1.91 bits per heavy atom. The zero-order valence-corrected chi connectivity index (χ0v) is 15.9. The summed E-state index contributed by atoms with van der Waals surface area (Å²) in [6.45, 7) is 12.7. The highest BCUT2D eigenvalue weighted by molar-refractivity contribution is 5.85. The van der Waals surface area contributed by atoms with Crippen molar-refractivity contribution in [2.45, 2.75) is 53.0 Å². The number of hydrogen-bond acceptors (Lipinski definition) is 3. The first kappa shape index (κ1) is 21.7. The zero-order valence-electron chi connectivity index (χ0n) is 15.1. The van der Waals surface area contributed by atoms with Crippen molar-refractivity contribution in [2.75, 3.05) is 13.2 Å². The fourth-order valence-corrected chi connectivity index (χ4v) is 2.17. The molecule has 0 saturated carbocycles. The molecule has 0 heterocycles. The number of nitrogens with two attached hydrogens (primary N) is 1. The average molecular weight is 343 g/mol. The van der Waals surface area contributed by atoms with Crippen LogP contribution in [0.2, 0.25) is 0 Å². The minimum atomic E-state index is -0.409. The molecule has 0 aliphatic carbocycles. The molecule has 0 fully saturated rings. The average Bonchev–Trinajstić information content (AvgIpc) is 2.44. The van der Waals surface area contributed by atoms with Crippen LogP contribution < -0.4 is 15.8 Å². The first-order valence-corrected chi connectivity index (χ1v) is 7.94. The van der Waals surface area contributed by atoms with Gasteiger partial charge in [-0.3, -0.25) is 4.79 Å². The van der Waals surface area contributed by atoms with Crippen LogP contribution in [0.15, 0.2) is 18.2 Å². The van der Waals surface area contributed by atoms with E-state index in [0.717, 1.165) is 16.9 Å². The molecule has 1 amide bonds. The highest BCUT2D eigenvalue weighted by Crippen LogP contribution is 2.27. The van der Waals surface area contributed by atoms with E-state index in [9.17, 15) is 4.79 Å². The summed E-state index contributed by atoms with van der Waals surface area (Å²) in [6, 6.07) is 6.10. The molecule has 1 atom stereocenters. The molecule has 23 heavy (non-hydrogen) atoms. The van der Waals surface area contributed by atoms with Crippen molar-refractivity contribution in [3.63, 3.8) is 0 Å². The number of ether oxygens (including phenoxy) is 1. The van der Waals surface area contributed by atoms with Gasteiger partial charge in [-0.1, -0.05) is 39.8 Å². The molecule has 0 aliphatic heterocycles. The van der Waals surface area contributed by atoms with Gasteiger partial charge in [0.2, 0.25) is 0 Å². The predicted octanol–water partition coefficient (Wildman–Crippen LogP) is 3.41. The molecule has 1 aromatic rings. The zero-order chi connectivity index (χ0) is 16.9. The van der Waals surface area contributed by atoms with Crippen molar-refractivity contribution < 1.29 is 9.53 Å². The smallest absolute Gasteiger partial charge is 0.258 e. The van der Waals surface area contributed by atoms with Gasteiger partial charge in [-0.05, 0) is 42.9 Å². The number of hydrogen-bond donors (Lipinski definition) is 2. The first-order valence-electron chi connectivity index (χ1n) is 7.94. The van der Waals surface area contributed by atoms with Crippen LogP contribution in [0.25, 0.3) is 0 Å². The van der Waals surface area contributed by atoms with Crippen LogP contribution in [0.3, 0.4) is 0 Å². The minimum absolute atomic E-state index is 0. The lowest BCUT2D eigenvalue weighted by Crippen LogP contribution is -2.56. The maximum atomic E-state index is 12.2. The normalized spacial score (nSPS) is 13.4. The monoisotopic (exact) mass is 342 g/mol. The van der Waals surface area contributed by atoms with Gasteiger partial charge in [0.1, 0.15) is 5.75 Å². The van der Waals surface area contributed by atoms with Crippen LogP contribution in [-0.4, -0.2) is 24.6 Å². The van der Waals surface area contributed by atoms with Crippen LogP contribution in [-0.2, 0) is 4.79 Å². The van der Waals surface area contributed by atoms with Gasteiger partial charge in [0, 0.05) is 6.54 Å². The van der Waals surface area contributed by atoms with Crippen LogP contribution in [0.4, 0.5) is 0 Å². The molecule has 0 aromatic heterocycles. The lowest BCUT2D eigenvalue weighted by Gasteiger charge is -2.33. The number of benzene rings is 1. The van der Waals surface area contributed by atoms with E-state index in [1.165, 1.54) is 0 Å². The van der Waals surface area contributed by atoms with E-state index in [4.69, 9.17) is 10.5 Å². The molecule has 0 saturated heterocycles. The largest absolute Gasteiger partial charge is 0.483 e. The number of rotatable bonds is 7. The standard InChI is InChI=1S/C18H30N2O2.ClH/c1-12(2)15-8-7-14(5)9-16(15)22-10-17(21)20-18(6,11-19)13(3)4;/h7-9,12-13H,10-11,19H2,1-6H3,(H,20,21);1H. The fraction of sp³-hybridized carbons (Fsp3) is 0.611. The fourth-order valence-electron chi connectivity index (χ4n) is 2.17. The van der Waals surface area contributed by atoms with Crippen molar-refractivity contribution in [1.82, 2.24) is 5.32 Å². The molecule has 1 rings (SSSR count). The topological polar surface area (TPSA) is 64.3 Å². The van der Waals surface area contributed by atoms with Crippen molar-refractivity contribution in [3.8, 4) is 5.75 Å². The lowest BCUT2D eigenvalue weighted by molar-refractivity contribution is -0.125. The minimum Gasteiger partial charge on any atom is -0.483 e. The summed E-state index contributed by atoms with van der Waals surface area (Å²) >= 11 is 0. The molecule has 5 heteroatoms. The molecule has 0 bridgehead atoms. The van der Waals surface area contributed by atoms with E-state index in [2.05, 4.69) is 31.3 Å². The highest BCUT2D eigenvalue weighted by atomic mass is 35.5. The molecule has 0 spiro atoms. The number of amides is 1. The van der Waals surface area contributed by atoms with Crippen LogP contribution in [0.5, 0.6) is 5.75 Å². The Morgan fingerprint density at radius 1 is 1.30 bits per heavy atom. The molecule has 0 radical (unpaired) electrons. The van der Waals surface area contributed by atoms with E-state index in [1.54, 1.807) is 0 Å². The third kappa shape index (κ3) is 6.04. The van der Waals surface area contributed by atoms with Crippen molar-refractivity contribution >= 4 is 18.3 Å². The second kappa shape index (κ2) is 9.14. The van der Waals surface area contributed by atoms with Gasteiger partial charge >= 0.3 is 0 Å². The van der Waals surface area contributed by atoms with Gasteiger partial charge in [-0.25, -0.2) is 0 Å². The van der Waals surface area contributed by atoms with Gasteiger partial charge in [-0.15, -0.1) is 12.4 Å². The second-order valence-corrected chi connectivity index (χ2v) is 6.81. The molecule has 4 nitrogen and oxygen atoms in total. The van der Waals surface area contributed by atoms with Gasteiger partial charge < -0.3 is 15.8 Å². The highest BCUT2D eigenvalue weighted by Gasteiger charge is 2.28. The summed E-state index contributed by atoms with van der Waals surface area (Å²) in [7, 11) is 0. The summed E-state index contributed by atoms with van der Waals surface area (Å²) in [4.78, 5) is 12.2. The third-order valence-electron chi connectivity index (χ3n) is 4.27. The number of halogens is 1. The number of aryl methyl sites for hydroxylation is 1. The number of nitrogens with one attached hydrogen (secondary N) is 1. The summed E-state index contributed by atoms with van der Waals surface area (Å²) in [6.07, 6.45) is 0. The van der Waals surface area contributed by atoms with E-state index in [0.29, 0.717) is 12.5 Å². The Morgan fingerprint density at radius 3 is 2.39 bits per heavy atom. The van der Waals surface area contributed by atoms with Crippen LogP contribution in [0, 0.1) is 12.8 Å². The van der Waals surface area contributed by atoms with Gasteiger partial charge in [0.25, 0.3) is 5.91 Å². The van der Waals surface area contributed by atoms with Gasteiger partial charge in [0.05, 0.1) is 5.54 Å². The van der Waals surface area contributed by atoms with Crippen LogP contribution in [0.1, 0.15) is 51.7 Å². The summed E-state index contributed by atoms with van der Waals surface area (Å²) in [5.41, 5.74) is 7.62. The maximum Gasteiger partial charge on any atom is 0.258 e. The Bertz CT molecular complexity index is 518. The summed E-state index contributed by atoms with van der Waals surface area (Å²) in [5.74, 6) is 1.25. The Kier molecular flexibility index (Phi) is 8.64. The molecule has 0 aliphatic rings. The lowest BCUT2D eigenvalue weighted by atomic mass is 9.88. The molecule has 132 valence electrons. The third-order valence-corrected chi connectivity index (χ3v) is 4.27. The summed E-state index contributed by atoms with van der Waals surface area (Å²) in [5, 5.41) is 2.99. The van der Waals surface area contributed by atoms with Crippen molar-refractivity contribution in [3.05, 3.63) is 29.3 Å². The van der Waals surface area contributed by atoms with Gasteiger partial charge in [0.15, 0.2) is 6.61 Å². The molecular formula is C18H31ClN2O2. The van der Waals surface area contributed by atoms with E-state index >= 15 is 0 Å². The molecule has 1 aromatic carbocycles. The molecule has 1 unspecified atom stereocenters. The summed E-state index contributed by atoms with van der Waals surface area (Å²) < 4.78 is 5.76. The first-order chi connectivity index (χ1) is 10.2. The molecular weight excluding hydrogens is 312 g/mol. The van der Waals surface area contributed by atoms with Crippen LogP contribution >= 0.6 is 12.4 Å². The van der Waals surface area contributed by atoms with Crippen molar-refractivity contribution in [1.29, 1.82) is 0 Å². The predicted molar refractivity (Wildman–Crippen MR) is 98.5 cm³/mol. The maximum absolute atomic E-state index is 12.2. The Labute approximate surface area is 146 Å². The SMILES string of the molecule is Cc1ccc(C(C)C)c(OCC(=O)NC(C)(CN)C(C)C)c1.Cl. The van der Waals surface area contributed by atoms with Gasteiger partial charge in [-0.2, -0.15) is 0 Å². The van der Waals surface area contributed by atoms with E-state index in [1.807, 2.05) is 33.8 Å². The molecule has 3 N–H and O–H groups in total. The second-order valence-electron chi connectivity index (χ2n) is 6.81.